The standard InChI is InChI=1S/C9H12N4O.ClH/c10-7-1-4-13(6-7)9(14)8-5-11-2-3-12-8;/h2-3,5,7H,1,4,6,10H2;1H/t7-;/m0./s1. The van der Waals surface area contributed by atoms with E-state index in [1.54, 1.807) is 11.1 Å². The molecule has 82 valence electrons. The molecule has 1 aliphatic heterocycles. The van der Waals surface area contributed by atoms with Gasteiger partial charge in [-0.1, -0.05) is 0 Å². The molecule has 1 aromatic heterocycles. The molecule has 0 radical (unpaired) electrons. The molecule has 1 aromatic rings. The second-order valence-corrected chi connectivity index (χ2v) is 3.39. The van der Waals surface area contributed by atoms with Crippen LogP contribution in [0.15, 0.2) is 18.6 Å². The number of amides is 1. The van der Waals surface area contributed by atoms with Crippen molar-refractivity contribution >= 4 is 18.3 Å². The van der Waals surface area contributed by atoms with Crippen LogP contribution >= 0.6 is 12.4 Å². The minimum absolute atomic E-state index is 0. The maximum Gasteiger partial charge on any atom is 0.274 e. The summed E-state index contributed by atoms with van der Waals surface area (Å²) in [6, 6.07) is 0.107. The minimum Gasteiger partial charge on any atom is -0.336 e. The first-order valence-corrected chi connectivity index (χ1v) is 4.58. The van der Waals surface area contributed by atoms with E-state index in [2.05, 4.69) is 9.97 Å². The molecule has 15 heavy (non-hydrogen) atoms. The largest absolute Gasteiger partial charge is 0.336 e. The predicted molar refractivity (Wildman–Crippen MR) is 57.8 cm³/mol. The molecule has 0 aromatic carbocycles. The number of aromatic nitrogens is 2. The maximum atomic E-state index is 11.8. The Morgan fingerprint density at radius 3 is 2.87 bits per heavy atom. The molecule has 1 amide bonds. The molecule has 1 fully saturated rings. The summed E-state index contributed by atoms with van der Waals surface area (Å²) in [5, 5.41) is 0. The van der Waals surface area contributed by atoms with E-state index < -0.39 is 0 Å². The van der Waals surface area contributed by atoms with Gasteiger partial charge in [-0.3, -0.25) is 9.78 Å². The first kappa shape index (κ1) is 11.9. The summed E-state index contributed by atoms with van der Waals surface area (Å²) in [6.45, 7) is 1.34. The molecule has 2 heterocycles. The number of rotatable bonds is 1. The van der Waals surface area contributed by atoms with E-state index in [-0.39, 0.29) is 24.4 Å². The average Bonchev–Trinajstić information content (AvgIpc) is 2.65. The molecule has 2 rings (SSSR count). The highest BCUT2D eigenvalue weighted by Crippen LogP contribution is 2.09. The van der Waals surface area contributed by atoms with E-state index in [1.807, 2.05) is 0 Å². The third-order valence-corrected chi connectivity index (χ3v) is 2.29. The monoisotopic (exact) mass is 228 g/mol. The average molecular weight is 229 g/mol. The lowest BCUT2D eigenvalue weighted by atomic mass is 10.3. The normalized spacial score (nSPS) is 19.8. The van der Waals surface area contributed by atoms with E-state index in [0.29, 0.717) is 12.2 Å². The second kappa shape index (κ2) is 5.04. The highest BCUT2D eigenvalue weighted by Gasteiger charge is 2.25. The predicted octanol–water partition coefficient (Wildman–Crippen LogP) is 0.0716. The Labute approximate surface area is 94.1 Å². The molecule has 2 N–H and O–H groups in total. The van der Waals surface area contributed by atoms with Gasteiger partial charge in [-0.25, -0.2) is 4.98 Å². The van der Waals surface area contributed by atoms with E-state index in [9.17, 15) is 4.79 Å². The maximum absolute atomic E-state index is 11.8. The number of carbonyl (C=O) groups excluding carboxylic acids is 1. The van der Waals surface area contributed by atoms with Gasteiger partial charge in [0, 0.05) is 31.5 Å². The van der Waals surface area contributed by atoms with Crippen LogP contribution in [0.5, 0.6) is 0 Å². The fraction of sp³-hybridized carbons (Fsp3) is 0.444. The zero-order chi connectivity index (χ0) is 9.97. The van der Waals surface area contributed by atoms with Gasteiger partial charge in [0.25, 0.3) is 5.91 Å². The first-order chi connectivity index (χ1) is 6.77. The van der Waals surface area contributed by atoms with Crippen molar-refractivity contribution in [1.82, 2.24) is 14.9 Å². The summed E-state index contributed by atoms with van der Waals surface area (Å²) in [6.07, 6.45) is 5.41. The molecule has 1 aliphatic rings. The van der Waals surface area contributed by atoms with Gasteiger partial charge in [0.2, 0.25) is 0 Å². The molecule has 0 bridgehead atoms. The Balaban J connectivity index is 0.00000112. The summed E-state index contributed by atoms with van der Waals surface area (Å²) >= 11 is 0. The quantitative estimate of drug-likeness (QED) is 0.739. The van der Waals surface area contributed by atoms with Crippen LogP contribution in [0.25, 0.3) is 0 Å². The van der Waals surface area contributed by atoms with Crippen LogP contribution in [0.4, 0.5) is 0 Å². The lowest BCUT2D eigenvalue weighted by Gasteiger charge is -2.14. The fourth-order valence-corrected chi connectivity index (χ4v) is 1.54. The van der Waals surface area contributed by atoms with Crippen molar-refractivity contribution in [2.24, 2.45) is 5.73 Å². The number of halogens is 1. The molecule has 5 nitrogen and oxygen atoms in total. The molecule has 1 atom stereocenters. The van der Waals surface area contributed by atoms with E-state index >= 15 is 0 Å². The Hall–Kier alpha value is -1.20. The lowest BCUT2D eigenvalue weighted by Crippen LogP contribution is -2.32. The summed E-state index contributed by atoms with van der Waals surface area (Å²) in [4.78, 5) is 21.3. The number of nitrogens with two attached hydrogens (primary N) is 1. The summed E-state index contributed by atoms with van der Waals surface area (Å²) in [5.74, 6) is -0.0777. The summed E-state index contributed by atoms with van der Waals surface area (Å²) in [5.41, 5.74) is 6.10. The number of hydrogen-bond donors (Lipinski definition) is 1. The van der Waals surface area contributed by atoms with E-state index in [1.165, 1.54) is 12.4 Å². The van der Waals surface area contributed by atoms with Gasteiger partial charge >= 0.3 is 0 Å². The van der Waals surface area contributed by atoms with Crippen molar-refractivity contribution in [3.05, 3.63) is 24.3 Å². The number of nitrogens with zero attached hydrogens (tertiary/aromatic N) is 3. The van der Waals surface area contributed by atoms with Gasteiger partial charge < -0.3 is 10.6 Å². The van der Waals surface area contributed by atoms with Crippen molar-refractivity contribution in [2.45, 2.75) is 12.5 Å². The van der Waals surface area contributed by atoms with Crippen LogP contribution in [0, 0.1) is 0 Å². The van der Waals surface area contributed by atoms with Gasteiger partial charge in [0.15, 0.2) is 0 Å². The van der Waals surface area contributed by atoms with Crippen molar-refractivity contribution in [2.75, 3.05) is 13.1 Å². The Bertz CT molecular complexity index is 332. The molecule has 6 heteroatoms. The van der Waals surface area contributed by atoms with Crippen LogP contribution < -0.4 is 5.73 Å². The van der Waals surface area contributed by atoms with Crippen LogP contribution in [-0.4, -0.2) is 39.9 Å². The lowest BCUT2D eigenvalue weighted by molar-refractivity contribution is 0.0784. The number of likely N-dealkylation sites (tertiary alicyclic amines) is 1. The molecule has 1 saturated heterocycles. The Morgan fingerprint density at radius 1 is 1.53 bits per heavy atom. The highest BCUT2D eigenvalue weighted by atomic mass is 35.5. The Kier molecular flexibility index (Phi) is 3.99. The van der Waals surface area contributed by atoms with Gasteiger partial charge in [-0.05, 0) is 6.42 Å². The molecule has 0 spiro atoms. The zero-order valence-corrected chi connectivity index (χ0v) is 8.98. The SMILES string of the molecule is Cl.N[C@H]1CCN(C(=O)c2cnccn2)C1. The minimum atomic E-state index is -0.0777. The third kappa shape index (κ3) is 2.64. The van der Waals surface area contributed by atoms with E-state index in [4.69, 9.17) is 5.73 Å². The van der Waals surface area contributed by atoms with Crippen LogP contribution in [-0.2, 0) is 0 Å². The number of carbonyl (C=O) groups is 1. The highest BCUT2D eigenvalue weighted by molar-refractivity contribution is 5.92. The summed E-state index contributed by atoms with van der Waals surface area (Å²) < 4.78 is 0. The van der Waals surface area contributed by atoms with Crippen molar-refractivity contribution in [1.29, 1.82) is 0 Å². The second-order valence-electron chi connectivity index (χ2n) is 3.39. The van der Waals surface area contributed by atoms with Gasteiger partial charge in [0.05, 0.1) is 6.20 Å². The van der Waals surface area contributed by atoms with Crippen molar-refractivity contribution in [3.63, 3.8) is 0 Å². The van der Waals surface area contributed by atoms with Gasteiger partial charge in [0.1, 0.15) is 5.69 Å². The fourth-order valence-electron chi connectivity index (χ4n) is 1.54. The summed E-state index contributed by atoms with van der Waals surface area (Å²) in [7, 11) is 0. The van der Waals surface area contributed by atoms with Crippen molar-refractivity contribution < 1.29 is 4.79 Å². The van der Waals surface area contributed by atoms with Crippen molar-refractivity contribution in [3.8, 4) is 0 Å². The number of hydrogen-bond acceptors (Lipinski definition) is 4. The first-order valence-electron chi connectivity index (χ1n) is 4.58. The Morgan fingerprint density at radius 2 is 2.33 bits per heavy atom. The van der Waals surface area contributed by atoms with Gasteiger partial charge in [-0.15, -0.1) is 12.4 Å². The smallest absolute Gasteiger partial charge is 0.274 e. The third-order valence-electron chi connectivity index (χ3n) is 2.29. The van der Waals surface area contributed by atoms with E-state index in [0.717, 1.165) is 13.0 Å². The molecule has 0 saturated carbocycles. The van der Waals surface area contributed by atoms with Crippen LogP contribution in [0.2, 0.25) is 0 Å². The topological polar surface area (TPSA) is 72.1 Å². The van der Waals surface area contributed by atoms with Gasteiger partial charge in [-0.2, -0.15) is 0 Å². The molecule has 0 aliphatic carbocycles. The molecular formula is C9H13ClN4O. The van der Waals surface area contributed by atoms with Crippen LogP contribution in [0.3, 0.4) is 0 Å². The van der Waals surface area contributed by atoms with Crippen LogP contribution in [0.1, 0.15) is 16.9 Å². The molecular weight excluding hydrogens is 216 g/mol. The molecule has 0 unspecified atom stereocenters. The zero-order valence-electron chi connectivity index (χ0n) is 8.17.